The molecule has 2 aliphatic rings. The number of hydrazine groups is 1. The number of nitrogens with two attached hydrogens (primary N) is 1. The largest absolute Gasteiger partial charge is 0.352 e. The second-order valence-electron chi connectivity index (χ2n) is 5.13. The Morgan fingerprint density at radius 2 is 1.54 bits per heavy atom. The topological polar surface area (TPSA) is 85.8 Å². The summed E-state index contributed by atoms with van der Waals surface area (Å²) in [6, 6.07) is 15.5. The van der Waals surface area contributed by atoms with Crippen molar-refractivity contribution in [2.24, 2.45) is 5.84 Å². The van der Waals surface area contributed by atoms with Gasteiger partial charge in [0.2, 0.25) is 5.95 Å². The molecule has 0 saturated heterocycles. The maximum atomic E-state index is 11.8. The summed E-state index contributed by atoms with van der Waals surface area (Å²) < 4.78 is 1.46. The first-order chi connectivity index (χ1) is 11.6. The molecule has 0 fully saturated rings. The number of nitrogens with zero attached hydrogens (tertiary/aromatic N) is 3. The number of anilines is 1. The van der Waals surface area contributed by atoms with Crippen LogP contribution in [0.5, 0.6) is 0 Å². The lowest BCUT2D eigenvalue weighted by Crippen LogP contribution is -2.27. The van der Waals surface area contributed by atoms with Crippen LogP contribution in [0.4, 0.5) is 5.95 Å². The Kier molecular flexibility index (Phi) is 4.59. The minimum Gasteiger partial charge on any atom is -0.292 e. The second kappa shape index (κ2) is 6.82. The van der Waals surface area contributed by atoms with Crippen molar-refractivity contribution in [1.82, 2.24) is 14.5 Å². The molecular formula is C17H16ClN5O. The molecule has 2 aromatic rings. The van der Waals surface area contributed by atoms with E-state index in [4.69, 9.17) is 17.4 Å². The molecule has 0 saturated carbocycles. The Morgan fingerprint density at radius 1 is 1.00 bits per heavy atom. The predicted molar refractivity (Wildman–Crippen MR) is 95.7 cm³/mol. The molecule has 3 N–H and O–H groups in total. The van der Waals surface area contributed by atoms with Crippen molar-refractivity contribution in [3.8, 4) is 22.5 Å². The zero-order valence-corrected chi connectivity index (χ0v) is 13.8. The molecule has 0 amide bonds. The van der Waals surface area contributed by atoms with Crippen LogP contribution in [0, 0.1) is 0 Å². The van der Waals surface area contributed by atoms with Crippen molar-refractivity contribution in [2.75, 3.05) is 5.43 Å². The molecule has 4 rings (SSSR count). The van der Waals surface area contributed by atoms with Crippen LogP contribution in [0.1, 0.15) is 6.92 Å². The molecule has 6 nitrogen and oxygen atoms in total. The van der Waals surface area contributed by atoms with Crippen LogP contribution >= 0.6 is 11.6 Å². The number of aromatic nitrogens is 3. The third-order valence-electron chi connectivity index (χ3n) is 3.67. The van der Waals surface area contributed by atoms with E-state index >= 15 is 0 Å². The highest BCUT2D eigenvalue weighted by molar-refractivity contribution is 6.30. The van der Waals surface area contributed by atoms with E-state index in [0.29, 0.717) is 17.4 Å². The number of hydrogen-bond acceptors (Lipinski definition) is 5. The molecule has 2 aliphatic carbocycles. The molecule has 0 unspecified atom stereocenters. The normalized spacial score (nSPS) is 10.6. The molecule has 1 aromatic carbocycles. The SMILES string of the molecule is CCn1c(-c2ccc(Cl)cc2)nc(NN)nc1=O.c1cc2ccc1-2. The summed E-state index contributed by atoms with van der Waals surface area (Å²) in [7, 11) is 0. The van der Waals surface area contributed by atoms with Crippen molar-refractivity contribution < 1.29 is 0 Å². The van der Waals surface area contributed by atoms with Gasteiger partial charge in [0, 0.05) is 17.1 Å². The van der Waals surface area contributed by atoms with Crippen LogP contribution in [0.15, 0.2) is 53.3 Å². The Bertz CT molecular complexity index is 883. The van der Waals surface area contributed by atoms with Gasteiger partial charge >= 0.3 is 5.69 Å². The highest BCUT2D eigenvalue weighted by atomic mass is 35.5. The first-order valence-corrected chi connectivity index (χ1v) is 7.82. The molecule has 1 heterocycles. The van der Waals surface area contributed by atoms with Gasteiger partial charge in [-0.05, 0) is 42.3 Å². The molecule has 0 bridgehead atoms. The van der Waals surface area contributed by atoms with Crippen LogP contribution in [-0.2, 0) is 6.54 Å². The Hall–Kier alpha value is -2.70. The van der Waals surface area contributed by atoms with Crippen molar-refractivity contribution in [3.05, 3.63) is 64.0 Å². The van der Waals surface area contributed by atoms with Crippen LogP contribution < -0.4 is 17.0 Å². The summed E-state index contributed by atoms with van der Waals surface area (Å²) in [5.41, 5.74) is 5.51. The lowest BCUT2D eigenvalue weighted by molar-refractivity contribution is 0.687. The van der Waals surface area contributed by atoms with Gasteiger partial charge in [-0.1, -0.05) is 35.9 Å². The fourth-order valence-corrected chi connectivity index (χ4v) is 2.38. The number of nitrogen functional groups attached to an aromatic ring is 1. The average molecular weight is 342 g/mol. The van der Waals surface area contributed by atoms with Gasteiger partial charge in [0.15, 0.2) is 0 Å². The molecule has 1 aromatic heterocycles. The highest BCUT2D eigenvalue weighted by Gasteiger charge is 2.10. The monoisotopic (exact) mass is 341 g/mol. The molecule has 24 heavy (non-hydrogen) atoms. The lowest BCUT2D eigenvalue weighted by atomic mass is 9.95. The third kappa shape index (κ3) is 3.15. The Labute approximate surface area is 143 Å². The smallest absolute Gasteiger partial charge is 0.292 e. The predicted octanol–water partition coefficient (Wildman–Crippen LogP) is 2.93. The minimum absolute atomic E-state index is 0.0923. The van der Waals surface area contributed by atoms with E-state index < -0.39 is 5.69 Å². The van der Waals surface area contributed by atoms with E-state index in [9.17, 15) is 4.79 Å². The van der Waals surface area contributed by atoms with Crippen LogP contribution in [0.25, 0.3) is 22.5 Å². The van der Waals surface area contributed by atoms with E-state index in [1.54, 1.807) is 24.3 Å². The number of benzene rings is 2. The summed E-state index contributed by atoms with van der Waals surface area (Å²) in [5.74, 6) is 5.83. The number of nitrogens with one attached hydrogen (secondary N) is 1. The van der Waals surface area contributed by atoms with E-state index in [1.807, 2.05) is 6.92 Å². The molecule has 0 aliphatic heterocycles. The van der Waals surface area contributed by atoms with Gasteiger partial charge in [-0.2, -0.15) is 9.97 Å². The summed E-state index contributed by atoms with van der Waals surface area (Å²) >= 11 is 5.83. The Morgan fingerprint density at radius 3 is 1.96 bits per heavy atom. The first-order valence-electron chi connectivity index (χ1n) is 7.44. The van der Waals surface area contributed by atoms with Gasteiger partial charge in [-0.25, -0.2) is 10.6 Å². The third-order valence-corrected chi connectivity index (χ3v) is 3.92. The second-order valence-corrected chi connectivity index (χ2v) is 5.56. The fourth-order valence-electron chi connectivity index (χ4n) is 2.26. The van der Waals surface area contributed by atoms with Crippen molar-refractivity contribution in [1.29, 1.82) is 0 Å². The van der Waals surface area contributed by atoms with Crippen molar-refractivity contribution in [2.45, 2.75) is 13.5 Å². The van der Waals surface area contributed by atoms with E-state index in [2.05, 4.69) is 39.7 Å². The van der Waals surface area contributed by atoms with Gasteiger partial charge in [-0.3, -0.25) is 9.99 Å². The van der Waals surface area contributed by atoms with E-state index in [-0.39, 0.29) is 5.95 Å². The minimum atomic E-state index is -0.398. The van der Waals surface area contributed by atoms with E-state index in [0.717, 1.165) is 5.56 Å². The van der Waals surface area contributed by atoms with E-state index in [1.165, 1.54) is 15.7 Å². The number of halogens is 1. The molecule has 0 atom stereocenters. The van der Waals surface area contributed by atoms with Crippen molar-refractivity contribution >= 4 is 17.5 Å². The van der Waals surface area contributed by atoms with Crippen LogP contribution in [-0.4, -0.2) is 14.5 Å². The molecule has 122 valence electrons. The average Bonchev–Trinajstić information content (AvgIpc) is 2.58. The van der Waals surface area contributed by atoms with Gasteiger partial charge < -0.3 is 0 Å². The van der Waals surface area contributed by atoms with Gasteiger partial charge in [0.05, 0.1) is 0 Å². The van der Waals surface area contributed by atoms with Crippen molar-refractivity contribution in [3.63, 3.8) is 0 Å². The zero-order valence-electron chi connectivity index (χ0n) is 13.0. The molecular weight excluding hydrogens is 326 g/mol. The number of fused-ring (bicyclic) bond motifs is 1. The quantitative estimate of drug-likeness (QED) is 0.442. The molecule has 0 radical (unpaired) electrons. The molecule has 0 spiro atoms. The Balaban J connectivity index is 0.000000231. The number of rotatable bonds is 3. The summed E-state index contributed by atoms with van der Waals surface area (Å²) in [5, 5.41) is 0.621. The zero-order chi connectivity index (χ0) is 17.1. The molecule has 7 heteroatoms. The maximum absolute atomic E-state index is 11.8. The standard InChI is InChI=1S/C11H12ClN5O.C6H4/c1-2-17-9(7-3-5-8(12)6-4-7)14-10(16-13)15-11(17)18;1-2-6-4-3-5(1)6/h3-6H,2,13H2,1H3,(H,15,16,18);1-4H. The van der Waals surface area contributed by atoms with Crippen LogP contribution in [0.2, 0.25) is 5.02 Å². The summed E-state index contributed by atoms with van der Waals surface area (Å²) in [4.78, 5) is 19.7. The van der Waals surface area contributed by atoms with Crippen LogP contribution in [0.3, 0.4) is 0 Å². The van der Waals surface area contributed by atoms with Gasteiger partial charge in [0.1, 0.15) is 5.82 Å². The maximum Gasteiger partial charge on any atom is 0.352 e. The number of hydrogen-bond donors (Lipinski definition) is 2. The first kappa shape index (κ1) is 16.2. The summed E-state index contributed by atoms with van der Waals surface area (Å²) in [6.45, 7) is 2.32. The van der Waals surface area contributed by atoms with Gasteiger partial charge in [0.25, 0.3) is 0 Å². The highest BCUT2D eigenvalue weighted by Crippen LogP contribution is 2.29. The lowest BCUT2D eigenvalue weighted by Gasteiger charge is -2.10. The van der Waals surface area contributed by atoms with Gasteiger partial charge in [-0.15, -0.1) is 0 Å². The summed E-state index contributed by atoms with van der Waals surface area (Å²) in [6.07, 6.45) is 0. The fraction of sp³-hybridized carbons (Fsp3) is 0.118.